The van der Waals surface area contributed by atoms with Crippen LogP contribution in [0.5, 0.6) is 0 Å². The molecule has 13 heavy (non-hydrogen) atoms. The quantitative estimate of drug-likeness (QED) is 0.616. The molecule has 0 aromatic carbocycles. The highest BCUT2D eigenvalue weighted by Crippen LogP contribution is 2.19. The third-order valence-electron chi connectivity index (χ3n) is 2.49. The van der Waals surface area contributed by atoms with Crippen LogP contribution in [0.3, 0.4) is 0 Å². The topological polar surface area (TPSA) is 49.3 Å². The highest BCUT2D eigenvalue weighted by Gasteiger charge is 2.29. The Bertz CT molecular complexity index is 153. The Morgan fingerprint density at radius 3 is 2.46 bits per heavy atom. The standard InChI is InChI=1S/C10H21NO2/c1-4-6-7-11-9(13)10(3,5-2)8-12/h12H,4-8H2,1-3H3,(H,11,13)/t10-/m1/s1. The lowest BCUT2D eigenvalue weighted by atomic mass is 9.87. The minimum absolute atomic E-state index is 0.0362. The van der Waals surface area contributed by atoms with Crippen LogP contribution in [0.25, 0.3) is 0 Å². The zero-order valence-corrected chi connectivity index (χ0v) is 8.89. The van der Waals surface area contributed by atoms with Gasteiger partial charge in [-0.2, -0.15) is 0 Å². The molecule has 0 aliphatic carbocycles. The van der Waals surface area contributed by atoms with E-state index < -0.39 is 5.41 Å². The second-order valence-corrected chi connectivity index (χ2v) is 3.68. The first-order valence-corrected chi connectivity index (χ1v) is 5.00. The summed E-state index contributed by atoms with van der Waals surface area (Å²) in [7, 11) is 0. The molecule has 0 saturated carbocycles. The van der Waals surface area contributed by atoms with Crippen LogP contribution in [0, 0.1) is 5.41 Å². The van der Waals surface area contributed by atoms with E-state index in [1.54, 1.807) is 6.92 Å². The minimum Gasteiger partial charge on any atom is -0.395 e. The first-order valence-electron chi connectivity index (χ1n) is 5.00. The molecule has 0 spiro atoms. The SMILES string of the molecule is CCCCNC(=O)[C@](C)(CC)CO. The molecule has 0 aliphatic heterocycles. The van der Waals surface area contributed by atoms with Gasteiger partial charge in [0.15, 0.2) is 0 Å². The second-order valence-electron chi connectivity index (χ2n) is 3.68. The molecule has 0 saturated heterocycles. The smallest absolute Gasteiger partial charge is 0.228 e. The van der Waals surface area contributed by atoms with Gasteiger partial charge in [0.2, 0.25) is 5.91 Å². The van der Waals surface area contributed by atoms with Crippen molar-refractivity contribution in [2.75, 3.05) is 13.2 Å². The highest BCUT2D eigenvalue weighted by atomic mass is 16.3. The van der Waals surface area contributed by atoms with Crippen LogP contribution in [0.1, 0.15) is 40.0 Å². The third-order valence-corrected chi connectivity index (χ3v) is 2.49. The first-order chi connectivity index (χ1) is 6.10. The van der Waals surface area contributed by atoms with E-state index in [1.165, 1.54) is 0 Å². The molecule has 0 rings (SSSR count). The first kappa shape index (κ1) is 12.4. The molecular weight excluding hydrogens is 166 g/mol. The number of amides is 1. The predicted octanol–water partition coefficient (Wildman–Crippen LogP) is 1.31. The van der Waals surface area contributed by atoms with Crippen molar-refractivity contribution < 1.29 is 9.90 Å². The molecule has 3 nitrogen and oxygen atoms in total. The van der Waals surface area contributed by atoms with E-state index in [0.717, 1.165) is 12.8 Å². The number of carbonyl (C=O) groups excluding carboxylic acids is 1. The van der Waals surface area contributed by atoms with E-state index in [-0.39, 0.29) is 12.5 Å². The molecule has 0 heterocycles. The fraction of sp³-hybridized carbons (Fsp3) is 0.900. The average molecular weight is 187 g/mol. The molecule has 2 N–H and O–H groups in total. The summed E-state index contributed by atoms with van der Waals surface area (Å²) < 4.78 is 0. The second kappa shape index (κ2) is 5.97. The zero-order chi connectivity index (χ0) is 10.3. The van der Waals surface area contributed by atoms with Crippen molar-refractivity contribution in [3.05, 3.63) is 0 Å². The molecule has 0 radical (unpaired) electrons. The van der Waals surface area contributed by atoms with E-state index in [4.69, 9.17) is 5.11 Å². The van der Waals surface area contributed by atoms with Gasteiger partial charge in [-0.1, -0.05) is 20.3 Å². The van der Waals surface area contributed by atoms with Crippen LogP contribution in [0.2, 0.25) is 0 Å². The Kier molecular flexibility index (Phi) is 5.71. The van der Waals surface area contributed by atoms with E-state index in [0.29, 0.717) is 13.0 Å². The Labute approximate surface area is 80.5 Å². The molecule has 0 aliphatic rings. The van der Waals surface area contributed by atoms with Crippen LogP contribution >= 0.6 is 0 Å². The summed E-state index contributed by atoms with van der Waals surface area (Å²) in [5.41, 5.74) is -0.603. The zero-order valence-electron chi connectivity index (χ0n) is 8.89. The Hall–Kier alpha value is -0.570. The average Bonchev–Trinajstić information content (AvgIpc) is 2.17. The van der Waals surface area contributed by atoms with E-state index in [2.05, 4.69) is 12.2 Å². The van der Waals surface area contributed by atoms with Crippen molar-refractivity contribution in [1.82, 2.24) is 5.32 Å². The number of aliphatic hydroxyl groups excluding tert-OH is 1. The van der Waals surface area contributed by atoms with Gasteiger partial charge in [-0.15, -0.1) is 0 Å². The summed E-state index contributed by atoms with van der Waals surface area (Å²) >= 11 is 0. The number of aliphatic hydroxyl groups is 1. The van der Waals surface area contributed by atoms with Crippen LogP contribution in [-0.4, -0.2) is 24.2 Å². The van der Waals surface area contributed by atoms with Crippen molar-refractivity contribution in [3.63, 3.8) is 0 Å². The number of unbranched alkanes of at least 4 members (excludes halogenated alkanes) is 1. The molecule has 0 aromatic heterocycles. The number of rotatable bonds is 6. The van der Waals surface area contributed by atoms with Crippen molar-refractivity contribution in [3.8, 4) is 0 Å². The summed E-state index contributed by atoms with van der Waals surface area (Å²) in [5.74, 6) is -0.0362. The summed E-state index contributed by atoms with van der Waals surface area (Å²) in [6.45, 7) is 6.41. The lowest BCUT2D eigenvalue weighted by Gasteiger charge is -2.24. The van der Waals surface area contributed by atoms with Gasteiger partial charge in [0.25, 0.3) is 0 Å². The Morgan fingerprint density at radius 2 is 2.08 bits per heavy atom. The van der Waals surface area contributed by atoms with Gasteiger partial charge in [0.1, 0.15) is 0 Å². The Balaban J connectivity index is 3.92. The van der Waals surface area contributed by atoms with Gasteiger partial charge in [-0.05, 0) is 19.8 Å². The lowest BCUT2D eigenvalue weighted by Crippen LogP contribution is -2.41. The van der Waals surface area contributed by atoms with Crippen LogP contribution < -0.4 is 5.32 Å². The molecule has 0 fully saturated rings. The maximum absolute atomic E-state index is 11.5. The van der Waals surface area contributed by atoms with Gasteiger partial charge in [0, 0.05) is 6.54 Å². The fourth-order valence-electron chi connectivity index (χ4n) is 0.936. The highest BCUT2D eigenvalue weighted by molar-refractivity contribution is 5.82. The van der Waals surface area contributed by atoms with Gasteiger partial charge >= 0.3 is 0 Å². The van der Waals surface area contributed by atoms with Gasteiger partial charge in [0.05, 0.1) is 12.0 Å². The van der Waals surface area contributed by atoms with Crippen molar-refractivity contribution in [1.29, 1.82) is 0 Å². The summed E-state index contributed by atoms with van der Waals surface area (Å²) in [6.07, 6.45) is 2.74. The molecule has 78 valence electrons. The van der Waals surface area contributed by atoms with Crippen molar-refractivity contribution in [2.24, 2.45) is 5.41 Å². The maximum atomic E-state index is 11.5. The number of nitrogens with one attached hydrogen (secondary N) is 1. The van der Waals surface area contributed by atoms with E-state index in [1.807, 2.05) is 6.92 Å². The van der Waals surface area contributed by atoms with Gasteiger partial charge in [-0.25, -0.2) is 0 Å². The largest absolute Gasteiger partial charge is 0.395 e. The predicted molar refractivity (Wildman–Crippen MR) is 53.4 cm³/mol. The monoisotopic (exact) mass is 187 g/mol. The molecule has 0 aromatic rings. The summed E-state index contributed by atoms with van der Waals surface area (Å²) in [6, 6.07) is 0. The Morgan fingerprint density at radius 1 is 1.46 bits per heavy atom. The summed E-state index contributed by atoms with van der Waals surface area (Å²) in [4.78, 5) is 11.5. The third kappa shape index (κ3) is 3.77. The lowest BCUT2D eigenvalue weighted by molar-refractivity contribution is -0.132. The minimum atomic E-state index is -0.603. The van der Waals surface area contributed by atoms with Crippen molar-refractivity contribution >= 4 is 5.91 Å². The van der Waals surface area contributed by atoms with Gasteiger partial charge in [-0.3, -0.25) is 4.79 Å². The normalized spacial score (nSPS) is 15.1. The number of hydrogen-bond acceptors (Lipinski definition) is 2. The van der Waals surface area contributed by atoms with Crippen LogP contribution in [0.4, 0.5) is 0 Å². The molecule has 0 unspecified atom stereocenters. The molecule has 1 atom stereocenters. The molecule has 0 bridgehead atoms. The van der Waals surface area contributed by atoms with E-state index in [9.17, 15) is 4.79 Å². The van der Waals surface area contributed by atoms with Crippen LogP contribution in [-0.2, 0) is 4.79 Å². The van der Waals surface area contributed by atoms with E-state index >= 15 is 0 Å². The van der Waals surface area contributed by atoms with Gasteiger partial charge < -0.3 is 10.4 Å². The number of hydrogen-bond donors (Lipinski definition) is 2. The molecule has 1 amide bonds. The maximum Gasteiger partial charge on any atom is 0.228 e. The number of carbonyl (C=O) groups is 1. The van der Waals surface area contributed by atoms with Crippen LogP contribution in [0.15, 0.2) is 0 Å². The summed E-state index contributed by atoms with van der Waals surface area (Å²) in [5, 5.41) is 11.9. The molecule has 3 heteroatoms. The fourth-order valence-corrected chi connectivity index (χ4v) is 0.936. The van der Waals surface area contributed by atoms with Crippen molar-refractivity contribution in [2.45, 2.75) is 40.0 Å². The molecular formula is C10H21NO2.